The van der Waals surface area contributed by atoms with Crippen LogP contribution in [0.1, 0.15) is 316 Å². The Morgan fingerprint density at radius 2 is 0.826 bits per heavy atom. The topological polar surface area (TPSA) is 336 Å². The molecule has 144 heavy (non-hydrogen) atoms. The van der Waals surface area contributed by atoms with Gasteiger partial charge in [-0.2, -0.15) is 0 Å². The molecule has 10 fully saturated rings. The number of hydrogen-bond acceptors (Lipinski definition) is 24. The smallest absolute Gasteiger partial charge is 0.317 e. The molecular weight excluding hydrogens is 1830 g/mol. The number of allylic oxidation sites excluding steroid dienone is 2. The third-order valence-electron chi connectivity index (χ3n) is 35.7. The van der Waals surface area contributed by atoms with E-state index in [0.29, 0.717) is 99.0 Å². The van der Waals surface area contributed by atoms with Gasteiger partial charge in [-0.15, -0.1) is 0 Å². The van der Waals surface area contributed by atoms with Crippen molar-refractivity contribution in [1.82, 2.24) is 35.1 Å². The van der Waals surface area contributed by atoms with Gasteiger partial charge in [-0.3, -0.25) is 48.6 Å². The van der Waals surface area contributed by atoms with E-state index < -0.39 is 24.3 Å². The van der Waals surface area contributed by atoms with E-state index in [2.05, 4.69) is 112 Å². The molecule has 28 nitrogen and oxygen atoms in total. The number of ether oxygens (including phenoxy) is 10. The van der Waals surface area contributed by atoms with E-state index >= 15 is 0 Å². The Labute approximate surface area is 863 Å². The van der Waals surface area contributed by atoms with Crippen LogP contribution in [0, 0.1) is 92.7 Å². The standard InChI is InChI=1S/C40H68N2O5.C30H48O4.C18H24N2O4.C10H22N2O2.C10H21NO3.C8H5NO2/c1-28(2)10-9-11-29(3)34-14-15-35-33-13-12-30-24-31(16-18-39(30,4)36(33)17-19-40(34,35)5)47-38(44)25-37(43)41-20-23-46-32(27-45-6)26-42-21-7-8-22-42;1-19(2)7-6-8-20(3)24-11-12-25-23-10-9-21-17-22(34-28(33)18-27(31)32)13-15-29(21,4)26(23)14-16-30(24,25)5;1-23-13-14(12-19-8-4-5-9-19)24-11-10-20-17(21)15-6-2-3-7-16(15)18(20)22;1-13-9-10(14-7-4-11)8-12-5-2-3-6-12;1-13-9-10(14-7-6-12)8-11-4-2-3-5-11;10-7-5-3-1-2-4-6(5)8(11)9-7/h12,28-29,31-36H,7-11,13-27H2,1-6H3,(H,41,43);9,19-20,22-26H,6-8,10-18H2,1-5H3,(H,31,32);2-3,6-7,14H,4-5,8-13H2,1H3;10H,2-9,11H2,1H3;10,12H,2-9H2,1H3;1-4H,(H,9,10,11)/t29-,31+,32?,33+,34-,35+,36+,39+,40-;20-,22+,23+,24-,25+,26+,29+,30-;;;;/m11..../s1. The molecule has 5 amide bonds. The van der Waals surface area contributed by atoms with E-state index in [1.165, 1.54) is 196 Å². The van der Waals surface area contributed by atoms with Gasteiger partial charge in [0.15, 0.2) is 0 Å². The van der Waals surface area contributed by atoms with Crippen molar-refractivity contribution in [3.8, 4) is 0 Å². The summed E-state index contributed by atoms with van der Waals surface area (Å²) in [6.07, 6.45) is 41.7. The highest BCUT2D eigenvalue weighted by Crippen LogP contribution is 2.70. The predicted octanol–water partition coefficient (Wildman–Crippen LogP) is 17.1. The van der Waals surface area contributed by atoms with E-state index in [0.717, 1.165) is 162 Å². The number of amides is 5. The zero-order valence-corrected chi connectivity index (χ0v) is 90.8. The molecule has 6 heterocycles. The Morgan fingerprint density at radius 1 is 0.458 bits per heavy atom. The number of hydrogen-bond donors (Lipinski definition) is 5. The molecule has 812 valence electrons. The van der Waals surface area contributed by atoms with Gasteiger partial charge in [0, 0.05) is 80.5 Å². The van der Waals surface area contributed by atoms with Gasteiger partial charge in [0.1, 0.15) is 25.0 Å². The Morgan fingerprint density at radius 3 is 1.19 bits per heavy atom. The molecular formula is C116H188N8O20. The van der Waals surface area contributed by atoms with E-state index in [1.54, 1.807) is 77.0 Å². The van der Waals surface area contributed by atoms with Crippen LogP contribution in [0.25, 0.3) is 0 Å². The van der Waals surface area contributed by atoms with Crippen molar-refractivity contribution in [3.05, 3.63) is 94.1 Å². The van der Waals surface area contributed by atoms with Crippen molar-refractivity contribution in [2.75, 3.05) is 186 Å². The average Bonchev–Trinajstić information content (AvgIpc) is 1.67. The summed E-state index contributed by atoms with van der Waals surface area (Å²) >= 11 is 0. The summed E-state index contributed by atoms with van der Waals surface area (Å²) in [7, 11) is 6.74. The number of rotatable bonds is 46. The van der Waals surface area contributed by atoms with E-state index in [1.807, 2.05) is 0 Å². The number of benzene rings is 2. The van der Waals surface area contributed by atoms with Gasteiger partial charge in [0.25, 0.3) is 23.6 Å². The minimum atomic E-state index is -1.11. The molecule has 4 unspecified atom stereocenters. The van der Waals surface area contributed by atoms with Gasteiger partial charge in [-0.25, -0.2) is 0 Å². The van der Waals surface area contributed by atoms with Crippen LogP contribution in [0.2, 0.25) is 0 Å². The molecule has 28 heteroatoms. The van der Waals surface area contributed by atoms with Crippen LogP contribution in [-0.2, 0) is 66.5 Å². The highest BCUT2D eigenvalue weighted by atomic mass is 16.6. The lowest BCUT2D eigenvalue weighted by Gasteiger charge is -2.58. The number of methoxy groups -OCH3 is 4. The number of nitrogens with two attached hydrogens (primary N) is 1. The molecule has 14 aliphatic rings. The van der Waals surface area contributed by atoms with E-state index in [4.69, 9.17) is 63.3 Å². The Balaban J connectivity index is 0.000000178. The van der Waals surface area contributed by atoms with Crippen molar-refractivity contribution in [2.24, 2.45) is 98.4 Å². The molecule has 4 saturated heterocycles. The number of aliphatic hydroxyl groups is 1. The van der Waals surface area contributed by atoms with Gasteiger partial charge >= 0.3 is 17.9 Å². The van der Waals surface area contributed by atoms with Gasteiger partial charge in [-0.1, -0.05) is 155 Å². The summed E-state index contributed by atoms with van der Waals surface area (Å²) in [5.74, 6) is 6.38. The van der Waals surface area contributed by atoms with Crippen LogP contribution in [-0.4, -0.2) is 305 Å². The zero-order valence-electron chi connectivity index (χ0n) is 90.8. The van der Waals surface area contributed by atoms with Gasteiger partial charge in [0.2, 0.25) is 5.91 Å². The summed E-state index contributed by atoms with van der Waals surface area (Å²) in [4.78, 5) is 105. The first-order valence-electron chi connectivity index (χ1n) is 56.1. The number of aliphatic hydroxyl groups excluding tert-OH is 1. The van der Waals surface area contributed by atoms with Crippen molar-refractivity contribution in [1.29, 1.82) is 0 Å². The number of esters is 2. The maximum Gasteiger partial charge on any atom is 0.317 e. The molecule has 2 aromatic rings. The molecule has 6 aliphatic heterocycles. The second kappa shape index (κ2) is 58.8. The number of carbonyl (C=O) groups excluding carboxylic acids is 7. The predicted molar refractivity (Wildman–Crippen MR) is 561 cm³/mol. The second-order valence-electron chi connectivity index (χ2n) is 46.4. The van der Waals surface area contributed by atoms with Gasteiger partial charge in [0.05, 0.1) is 113 Å². The Bertz CT molecular complexity index is 4260. The first-order valence-corrected chi connectivity index (χ1v) is 56.1. The highest BCUT2D eigenvalue weighted by molar-refractivity contribution is 6.22. The van der Waals surface area contributed by atoms with Crippen LogP contribution >= 0.6 is 0 Å². The SMILES string of the molecule is CC(C)CCC[C@@H](C)[C@H]1CC[C@H]2[C@@H]3CC=C4C[C@@H](OC(=O)CC(=O)O)CC[C@]4(C)[C@H]3CC[C@]12C.COCC(CN1CCCC1)OCCN.COCC(CN1CCCC1)OCCN1C(=O)c2ccccc2C1=O.COCC(CN1CCCC1)OCCNC(=O)CC(=O)O[C@H]1CC[C@@]2(C)C(=CC[C@H]3[C@@H]4CC[C@H]([C@H](C)CCCC(C)C)[C@@]4(C)CC[C@@H]32)C1.COCC(CN1CCCC1)OCCO.O=C1NC(=O)c2ccccc21. The average molecular weight is 2010 g/mol. The fourth-order valence-corrected chi connectivity index (χ4v) is 28.4. The number of carbonyl (C=O) groups is 8. The molecule has 0 radical (unpaired) electrons. The fraction of sp³-hybridized carbons (Fsp3) is 0.793. The van der Waals surface area contributed by atoms with Crippen LogP contribution in [0.15, 0.2) is 71.8 Å². The highest BCUT2D eigenvalue weighted by Gasteiger charge is 2.62. The summed E-state index contributed by atoms with van der Waals surface area (Å²) in [6.45, 7) is 42.9. The molecule has 2 aromatic carbocycles. The van der Waals surface area contributed by atoms with Crippen LogP contribution < -0.4 is 16.4 Å². The maximum absolute atomic E-state index is 12.8. The van der Waals surface area contributed by atoms with Gasteiger partial charge < -0.3 is 88.2 Å². The lowest BCUT2D eigenvalue weighted by Crippen LogP contribution is -2.51. The first-order chi connectivity index (χ1) is 69.3. The largest absolute Gasteiger partial charge is 0.481 e. The van der Waals surface area contributed by atoms with Crippen molar-refractivity contribution in [3.63, 3.8) is 0 Å². The number of carboxylic acids is 1. The number of fused-ring (bicyclic) bond motifs is 12. The van der Waals surface area contributed by atoms with Crippen LogP contribution in [0.4, 0.5) is 0 Å². The Kier molecular flexibility index (Phi) is 48.1. The molecule has 0 spiro atoms. The summed E-state index contributed by atoms with van der Waals surface area (Å²) in [6, 6.07) is 13.7. The quantitative estimate of drug-likeness (QED) is 0.0135. The molecule has 0 aromatic heterocycles. The molecule has 16 rings (SSSR count). The second-order valence-corrected chi connectivity index (χ2v) is 46.4. The van der Waals surface area contributed by atoms with Crippen LogP contribution in [0.3, 0.4) is 0 Å². The third-order valence-corrected chi connectivity index (χ3v) is 35.7. The van der Waals surface area contributed by atoms with E-state index in [-0.39, 0.29) is 96.6 Å². The molecule has 8 aliphatic carbocycles. The lowest BCUT2D eigenvalue weighted by molar-refractivity contribution is -0.157. The number of nitrogens with one attached hydrogen (secondary N) is 2. The first kappa shape index (κ1) is 118. The molecule has 20 atom stereocenters. The van der Waals surface area contributed by atoms with Crippen molar-refractivity contribution in [2.45, 2.75) is 311 Å². The lowest BCUT2D eigenvalue weighted by atomic mass is 9.47. The summed E-state index contributed by atoms with van der Waals surface area (Å²) < 4.78 is 55.2. The monoisotopic (exact) mass is 2010 g/mol. The maximum atomic E-state index is 12.8. The van der Waals surface area contributed by atoms with Gasteiger partial charge in [-0.05, 0) is 311 Å². The number of carboxylic acid groups (broad SMARTS) is 1. The number of likely N-dealkylation sites (tertiary alicyclic amines) is 4. The molecule has 0 bridgehead atoms. The molecule has 6 N–H and O–H groups in total. The normalized spacial score (nSPS) is 29.1. The third kappa shape index (κ3) is 33.0. The van der Waals surface area contributed by atoms with Crippen molar-refractivity contribution >= 4 is 47.4 Å². The summed E-state index contributed by atoms with van der Waals surface area (Å²) in [5.41, 5.74) is 11.7. The minimum absolute atomic E-state index is 0.0114. The van der Waals surface area contributed by atoms with Crippen molar-refractivity contribution < 1.29 is 95.9 Å². The summed E-state index contributed by atoms with van der Waals surface area (Å²) in [5, 5.41) is 22.6. The number of aliphatic carboxylic acids is 1. The number of nitrogens with zero attached hydrogens (tertiary/aromatic N) is 5. The Hall–Kier alpha value is -6.48. The number of imide groups is 2. The van der Waals surface area contributed by atoms with Crippen LogP contribution in [0.5, 0.6) is 0 Å². The minimum Gasteiger partial charge on any atom is -0.481 e. The molecule has 6 saturated carbocycles. The fourth-order valence-electron chi connectivity index (χ4n) is 28.4. The zero-order chi connectivity index (χ0) is 104. The van der Waals surface area contributed by atoms with E-state index in [9.17, 15) is 38.4 Å².